The first kappa shape index (κ1) is 18.7. The van der Waals surface area contributed by atoms with E-state index in [0.29, 0.717) is 6.54 Å². The van der Waals surface area contributed by atoms with E-state index in [9.17, 15) is 9.59 Å². The predicted molar refractivity (Wildman–Crippen MR) is 79.8 cm³/mol. The Labute approximate surface area is 122 Å². The Morgan fingerprint density at radius 2 is 1.70 bits per heavy atom. The topological polar surface area (TPSA) is 72.9 Å². The number of nitrogens with one attached hydrogen (secondary N) is 1. The van der Waals surface area contributed by atoms with E-state index in [-0.39, 0.29) is 24.5 Å². The Hall–Kier alpha value is -1.30. The summed E-state index contributed by atoms with van der Waals surface area (Å²) in [5.74, 6) is -0.739. The second kappa shape index (κ2) is 7.47. The second-order valence-electron chi connectivity index (χ2n) is 6.71. The zero-order valence-corrected chi connectivity index (χ0v) is 13.7. The van der Waals surface area contributed by atoms with Crippen molar-refractivity contribution in [2.24, 2.45) is 5.92 Å². The van der Waals surface area contributed by atoms with Crippen molar-refractivity contribution in [2.75, 3.05) is 27.2 Å². The van der Waals surface area contributed by atoms with Gasteiger partial charge in [-0.2, -0.15) is 0 Å². The van der Waals surface area contributed by atoms with Crippen LogP contribution in [0, 0.1) is 5.92 Å². The van der Waals surface area contributed by atoms with Gasteiger partial charge in [0.05, 0.1) is 0 Å². The third kappa shape index (κ3) is 6.75. The van der Waals surface area contributed by atoms with Crippen molar-refractivity contribution in [3.63, 3.8) is 0 Å². The van der Waals surface area contributed by atoms with Crippen molar-refractivity contribution >= 4 is 12.0 Å². The van der Waals surface area contributed by atoms with E-state index < -0.39 is 11.5 Å². The smallest absolute Gasteiger partial charge is 0.323 e. The van der Waals surface area contributed by atoms with Gasteiger partial charge in [0.25, 0.3) is 0 Å². The van der Waals surface area contributed by atoms with Gasteiger partial charge in [0.15, 0.2) is 0 Å². The van der Waals surface area contributed by atoms with E-state index >= 15 is 0 Å². The predicted octanol–water partition coefficient (Wildman–Crippen LogP) is 1.47. The lowest BCUT2D eigenvalue weighted by Gasteiger charge is -2.36. The summed E-state index contributed by atoms with van der Waals surface area (Å²) in [7, 11) is 3.89. The molecular weight excluding hydrogens is 258 g/mol. The molecule has 0 rings (SSSR count). The van der Waals surface area contributed by atoms with Crippen LogP contribution in [0.2, 0.25) is 0 Å². The fourth-order valence-electron chi connectivity index (χ4n) is 1.80. The van der Waals surface area contributed by atoms with E-state index in [0.717, 1.165) is 0 Å². The van der Waals surface area contributed by atoms with Crippen LogP contribution in [0.25, 0.3) is 0 Å². The summed E-state index contributed by atoms with van der Waals surface area (Å²) >= 11 is 0. The Morgan fingerprint density at radius 1 is 1.20 bits per heavy atom. The fraction of sp³-hybridized carbons (Fsp3) is 0.857. The summed E-state index contributed by atoms with van der Waals surface area (Å²) in [5.41, 5.74) is -0.540. The number of carbonyl (C=O) groups is 2. The summed E-state index contributed by atoms with van der Waals surface area (Å²) in [4.78, 5) is 26.6. The first-order chi connectivity index (χ1) is 8.95. The molecule has 0 aromatic carbocycles. The van der Waals surface area contributed by atoms with Crippen LogP contribution in [0.4, 0.5) is 4.79 Å². The van der Waals surface area contributed by atoms with Crippen molar-refractivity contribution in [1.82, 2.24) is 15.1 Å². The van der Waals surface area contributed by atoms with Crippen LogP contribution in [0.3, 0.4) is 0 Å². The third-order valence-corrected chi connectivity index (χ3v) is 3.02. The summed E-state index contributed by atoms with van der Waals surface area (Å²) < 4.78 is 0. The van der Waals surface area contributed by atoms with Gasteiger partial charge in [-0.25, -0.2) is 4.79 Å². The van der Waals surface area contributed by atoms with Gasteiger partial charge in [-0.05, 0) is 40.8 Å². The largest absolute Gasteiger partial charge is 0.480 e. The minimum Gasteiger partial charge on any atom is -0.480 e. The van der Waals surface area contributed by atoms with E-state index in [2.05, 4.69) is 5.32 Å². The van der Waals surface area contributed by atoms with Crippen LogP contribution in [0.15, 0.2) is 0 Å². The minimum absolute atomic E-state index is 0.0175. The van der Waals surface area contributed by atoms with Gasteiger partial charge < -0.3 is 20.2 Å². The van der Waals surface area contributed by atoms with E-state index in [1.54, 1.807) is 0 Å². The number of carboxylic acids is 1. The maximum absolute atomic E-state index is 12.4. The van der Waals surface area contributed by atoms with Gasteiger partial charge in [-0.15, -0.1) is 0 Å². The van der Waals surface area contributed by atoms with Gasteiger partial charge in [-0.3, -0.25) is 4.79 Å². The molecule has 20 heavy (non-hydrogen) atoms. The molecule has 0 aliphatic carbocycles. The molecule has 0 bridgehead atoms. The first-order valence-corrected chi connectivity index (χ1v) is 6.89. The zero-order valence-electron chi connectivity index (χ0n) is 13.7. The molecule has 0 spiro atoms. The van der Waals surface area contributed by atoms with Gasteiger partial charge in [0.2, 0.25) is 0 Å². The van der Waals surface area contributed by atoms with Gasteiger partial charge in [0.1, 0.15) is 6.54 Å². The number of urea groups is 1. The van der Waals surface area contributed by atoms with Crippen LogP contribution < -0.4 is 5.32 Å². The lowest BCUT2D eigenvalue weighted by atomic mass is 10.0. The molecule has 0 fully saturated rings. The van der Waals surface area contributed by atoms with Gasteiger partial charge >= 0.3 is 12.0 Å². The minimum atomic E-state index is -1.01. The van der Waals surface area contributed by atoms with E-state index in [1.165, 1.54) is 4.90 Å². The molecule has 0 saturated carbocycles. The van der Waals surface area contributed by atoms with Crippen LogP contribution in [0.1, 0.15) is 34.6 Å². The molecule has 6 heteroatoms. The number of rotatable bonds is 6. The zero-order chi connectivity index (χ0) is 16.1. The fourth-order valence-corrected chi connectivity index (χ4v) is 1.80. The molecule has 1 unspecified atom stereocenters. The molecule has 1 atom stereocenters. The van der Waals surface area contributed by atoms with Crippen molar-refractivity contribution in [3.05, 3.63) is 0 Å². The third-order valence-electron chi connectivity index (χ3n) is 3.02. The molecule has 0 aromatic heterocycles. The number of carbonyl (C=O) groups excluding carboxylic acids is 1. The van der Waals surface area contributed by atoms with Crippen LogP contribution in [-0.4, -0.2) is 65.7 Å². The molecule has 6 nitrogen and oxygen atoms in total. The van der Waals surface area contributed by atoms with Gasteiger partial charge in [-0.1, -0.05) is 13.8 Å². The van der Waals surface area contributed by atoms with Crippen LogP contribution >= 0.6 is 0 Å². The number of aliphatic carboxylic acids is 1. The number of likely N-dealkylation sites (N-methyl/N-ethyl adjacent to an activating group) is 1. The molecule has 0 aromatic rings. The Balaban J connectivity index is 4.92. The first-order valence-electron chi connectivity index (χ1n) is 6.89. The van der Waals surface area contributed by atoms with Crippen LogP contribution in [-0.2, 0) is 4.79 Å². The normalized spacial score (nSPS) is 13.4. The Kier molecular flexibility index (Phi) is 6.99. The summed E-state index contributed by atoms with van der Waals surface area (Å²) in [6.45, 7) is 9.96. The maximum Gasteiger partial charge on any atom is 0.323 e. The van der Waals surface area contributed by atoms with E-state index in [1.807, 2.05) is 53.6 Å². The molecular formula is C14H29N3O3. The second-order valence-corrected chi connectivity index (χ2v) is 6.71. The number of carboxylic acid groups (broad SMARTS) is 1. The molecule has 2 amide bonds. The molecule has 0 aliphatic rings. The molecule has 0 radical (unpaired) electrons. The van der Waals surface area contributed by atoms with Gasteiger partial charge in [0, 0.05) is 18.1 Å². The number of amides is 2. The lowest BCUT2D eigenvalue weighted by molar-refractivity contribution is -0.138. The monoisotopic (exact) mass is 287 g/mol. The Bertz CT molecular complexity index is 335. The van der Waals surface area contributed by atoms with Crippen molar-refractivity contribution < 1.29 is 14.7 Å². The average molecular weight is 287 g/mol. The number of hydrogen-bond acceptors (Lipinski definition) is 3. The van der Waals surface area contributed by atoms with E-state index in [4.69, 9.17) is 5.11 Å². The lowest BCUT2D eigenvalue weighted by Crippen LogP contribution is -2.56. The molecule has 0 saturated heterocycles. The van der Waals surface area contributed by atoms with Crippen molar-refractivity contribution in [2.45, 2.75) is 46.2 Å². The highest BCUT2D eigenvalue weighted by Crippen LogP contribution is 2.14. The number of nitrogens with zero attached hydrogens (tertiary/aromatic N) is 2. The SMILES string of the molecule is CC(C)C(CN(C)C)NC(=O)N(CC(=O)O)C(C)(C)C. The van der Waals surface area contributed by atoms with Crippen LogP contribution in [0.5, 0.6) is 0 Å². The number of hydrogen-bond donors (Lipinski definition) is 2. The maximum atomic E-state index is 12.4. The highest BCUT2D eigenvalue weighted by Gasteiger charge is 2.30. The average Bonchev–Trinajstić information content (AvgIpc) is 2.22. The van der Waals surface area contributed by atoms with Crippen molar-refractivity contribution in [3.8, 4) is 0 Å². The molecule has 0 heterocycles. The molecule has 0 aliphatic heterocycles. The highest BCUT2D eigenvalue weighted by molar-refractivity contribution is 5.81. The molecule has 118 valence electrons. The standard InChI is InChI=1S/C14H29N3O3/c1-10(2)11(8-16(6)7)15-13(20)17(9-12(18)19)14(3,4)5/h10-11H,8-9H2,1-7H3,(H,15,20)(H,18,19). The Morgan fingerprint density at radius 3 is 2.00 bits per heavy atom. The summed E-state index contributed by atoms with van der Waals surface area (Å²) in [5, 5.41) is 11.9. The summed E-state index contributed by atoms with van der Waals surface area (Å²) in [6.07, 6.45) is 0. The molecule has 2 N–H and O–H groups in total. The van der Waals surface area contributed by atoms with Crippen molar-refractivity contribution in [1.29, 1.82) is 0 Å². The quantitative estimate of drug-likeness (QED) is 0.776. The summed E-state index contributed by atoms with van der Waals surface area (Å²) in [6, 6.07) is -0.350. The highest BCUT2D eigenvalue weighted by atomic mass is 16.4.